The van der Waals surface area contributed by atoms with Crippen molar-refractivity contribution in [3.05, 3.63) is 53.0 Å². The fourth-order valence-electron chi connectivity index (χ4n) is 5.35. The molecule has 1 aliphatic heterocycles. The summed E-state index contributed by atoms with van der Waals surface area (Å²) in [7, 11) is 0. The molecule has 1 aliphatic carbocycles. The summed E-state index contributed by atoms with van der Waals surface area (Å²) in [6.45, 7) is 6.49. The number of epoxide rings is 1. The first kappa shape index (κ1) is 30.6. The molecule has 0 radical (unpaired) electrons. The third-order valence-electron chi connectivity index (χ3n) is 7.81. The maximum absolute atomic E-state index is 15.6. The van der Waals surface area contributed by atoms with Gasteiger partial charge in [0.05, 0.1) is 24.2 Å². The van der Waals surface area contributed by atoms with Gasteiger partial charge in [-0.25, -0.2) is 8.78 Å². The van der Waals surface area contributed by atoms with Gasteiger partial charge in [-0.1, -0.05) is 58.1 Å². The van der Waals surface area contributed by atoms with Crippen LogP contribution in [0.25, 0.3) is 0 Å². The number of nitrogens with zero attached hydrogens (tertiary/aromatic N) is 1. The van der Waals surface area contributed by atoms with E-state index in [2.05, 4.69) is 18.8 Å². The lowest BCUT2D eigenvalue weighted by Gasteiger charge is -2.33. The lowest BCUT2D eigenvalue weighted by molar-refractivity contribution is -0.0475. The monoisotopic (exact) mass is 563 g/mol. The van der Waals surface area contributed by atoms with Crippen molar-refractivity contribution in [2.24, 2.45) is 0 Å². The minimum absolute atomic E-state index is 0.0572. The van der Waals surface area contributed by atoms with E-state index in [-0.39, 0.29) is 30.1 Å². The Kier molecular flexibility index (Phi) is 11.5. The zero-order valence-corrected chi connectivity index (χ0v) is 23.9. The van der Waals surface area contributed by atoms with E-state index in [0.29, 0.717) is 37.6 Å². The molecule has 5 nitrogen and oxygen atoms in total. The number of benzene rings is 1. The second-order valence-electron chi connectivity index (χ2n) is 11.0. The second-order valence-corrected chi connectivity index (χ2v) is 11.0. The molecule has 0 bridgehead atoms. The van der Waals surface area contributed by atoms with Crippen LogP contribution >= 0.6 is 0 Å². The number of alkyl halides is 2. The van der Waals surface area contributed by atoms with Crippen molar-refractivity contribution >= 4 is 0 Å². The van der Waals surface area contributed by atoms with Crippen molar-refractivity contribution in [1.82, 2.24) is 4.98 Å². The van der Waals surface area contributed by atoms with Gasteiger partial charge in [0.1, 0.15) is 18.5 Å². The molecule has 0 saturated carbocycles. The Hall–Kier alpha value is -2.32. The fraction of sp³-hybridized carbons (Fsp3) is 0.656. The fourth-order valence-corrected chi connectivity index (χ4v) is 5.35. The molecule has 4 rings (SSSR count). The predicted molar refractivity (Wildman–Crippen MR) is 149 cm³/mol. The summed E-state index contributed by atoms with van der Waals surface area (Å²) < 4.78 is 68.7. The van der Waals surface area contributed by atoms with E-state index in [9.17, 15) is 4.39 Å². The summed E-state index contributed by atoms with van der Waals surface area (Å²) in [5.41, 5.74) is 0.109. The lowest BCUT2D eigenvalue weighted by Crippen LogP contribution is -2.32. The molecule has 40 heavy (non-hydrogen) atoms. The molecule has 2 aromatic rings. The Morgan fingerprint density at radius 2 is 1.65 bits per heavy atom. The van der Waals surface area contributed by atoms with Gasteiger partial charge in [-0.05, 0) is 61.8 Å². The number of fused-ring (bicyclic) bond motifs is 1. The number of ether oxygens (including phenoxy) is 4. The highest BCUT2D eigenvalue weighted by Crippen LogP contribution is 2.50. The van der Waals surface area contributed by atoms with Gasteiger partial charge in [0.15, 0.2) is 0 Å². The van der Waals surface area contributed by atoms with Crippen LogP contribution in [0.1, 0.15) is 101 Å². The molecule has 1 saturated heterocycles. The average Bonchev–Trinajstić information content (AvgIpc) is 3.69. The largest absolute Gasteiger partial charge is 0.491 e. The van der Waals surface area contributed by atoms with Crippen LogP contribution in [0.5, 0.6) is 11.6 Å². The summed E-state index contributed by atoms with van der Waals surface area (Å²) in [6.07, 6.45) is 10.5. The van der Waals surface area contributed by atoms with Crippen LogP contribution < -0.4 is 9.47 Å². The van der Waals surface area contributed by atoms with Crippen LogP contribution in [0.4, 0.5) is 13.2 Å². The molecule has 1 aromatic carbocycles. The highest BCUT2D eigenvalue weighted by Gasteiger charge is 2.49. The Bertz CT molecular complexity index is 1050. The first-order valence-electron chi connectivity index (χ1n) is 15.1. The Labute approximate surface area is 236 Å². The molecule has 1 aromatic heterocycles. The maximum atomic E-state index is 15.6. The van der Waals surface area contributed by atoms with Crippen molar-refractivity contribution in [3.8, 4) is 11.6 Å². The van der Waals surface area contributed by atoms with Crippen LogP contribution in [0, 0.1) is 5.95 Å². The van der Waals surface area contributed by atoms with Gasteiger partial charge in [0.2, 0.25) is 11.8 Å². The van der Waals surface area contributed by atoms with Crippen LogP contribution in [0.3, 0.4) is 0 Å². The van der Waals surface area contributed by atoms with Crippen molar-refractivity contribution in [2.75, 3.05) is 26.4 Å². The Morgan fingerprint density at radius 1 is 0.900 bits per heavy atom. The van der Waals surface area contributed by atoms with E-state index >= 15 is 8.78 Å². The van der Waals surface area contributed by atoms with E-state index < -0.39 is 23.4 Å². The first-order chi connectivity index (χ1) is 19.4. The molecule has 3 atom stereocenters. The maximum Gasteiger partial charge on any atom is 0.284 e. The molecule has 3 unspecified atom stereocenters. The van der Waals surface area contributed by atoms with E-state index in [1.54, 1.807) is 24.3 Å². The zero-order chi connectivity index (χ0) is 28.4. The van der Waals surface area contributed by atoms with Gasteiger partial charge in [-0.3, -0.25) is 0 Å². The molecule has 1 fully saturated rings. The van der Waals surface area contributed by atoms with Crippen molar-refractivity contribution < 1.29 is 32.1 Å². The number of aromatic nitrogens is 1. The Morgan fingerprint density at radius 3 is 2.42 bits per heavy atom. The predicted octanol–water partition coefficient (Wildman–Crippen LogP) is 8.13. The number of halogens is 3. The molecule has 8 heteroatoms. The quantitative estimate of drug-likeness (QED) is 0.104. The lowest BCUT2D eigenvalue weighted by atomic mass is 9.77. The normalized spacial score (nSPS) is 21.2. The number of aryl methyl sites for hydroxylation is 1. The van der Waals surface area contributed by atoms with Gasteiger partial charge in [0.25, 0.3) is 5.92 Å². The molecule has 0 N–H and O–H groups in total. The van der Waals surface area contributed by atoms with Crippen LogP contribution in [-0.2, 0) is 21.8 Å². The molecule has 2 aliphatic rings. The number of hydrogen-bond acceptors (Lipinski definition) is 5. The van der Waals surface area contributed by atoms with Crippen molar-refractivity contribution in [1.29, 1.82) is 0 Å². The number of hydrogen-bond donors (Lipinski definition) is 0. The van der Waals surface area contributed by atoms with Gasteiger partial charge < -0.3 is 18.9 Å². The van der Waals surface area contributed by atoms with E-state index in [4.69, 9.17) is 18.9 Å². The minimum atomic E-state index is -3.38. The van der Waals surface area contributed by atoms with Crippen LogP contribution in [-0.4, -0.2) is 43.6 Å². The van der Waals surface area contributed by atoms with E-state index in [1.165, 1.54) is 31.7 Å². The highest BCUT2D eigenvalue weighted by molar-refractivity contribution is 5.41. The summed E-state index contributed by atoms with van der Waals surface area (Å²) in [4.78, 5) is 3.73. The SMILES string of the molecule is CCCCCCC1OC1COc1ccc(C2CCc3cc(OCCCCOCCCC)nc(F)c3C2(F)F)cc1. The minimum Gasteiger partial charge on any atom is -0.491 e. The van der Waals surface area contributed by atoms with Gasteiger partial charge >= 0.3 is 0 Å². The third kappa shape index (κ3) is 8.35. The molecular weight excluding hydrogens is 519 g/mol. The van der Waals surface area contributed by atoms with Crippen LogP contribution in [0.2, 0.25) is 0 Å². The molecule has 222 valence electrons. The van der Waals surface area contributed by atoms with Crippen molar-refractivity contribution in [2.45, 2.75) is 109 Å². The summed E-state index contributed by atoms with van der Waals surface area (Å²) in [6, 6.07) is 8.20. The average molecular weight is 564 g/mol. The number of unbranched alkanes of at least 4 members (excludes halogenated alkanes) is 5. The summed E-state index contributed by atoms with van der Waals surface area (Å²) in [5.74, 6) is -5.00. The molecular formula is C32H44F3NO4. The van der Waals surface area contributed by atoms with E-state index in [1.807, 2.05) is 0 Å². The van der Waals surface area contributed by atoms with Gasteiger partial charge in [0, 0.05) is 19.3 Å². The summed E-state index contributed by atoms with van der Waals surface area (Å²) in [5, 5.41) is 0. The van der Waals surface area contributed by atoms with E-state index in [0.717, 1.165) is 38.7 Å². The first-order valence-corrected chi connectivity index (χ1v) is 15.1. The highest BCUT2D eigenvalue weighted by atomic mass is 19.3. The third-order valence-corrected chi connectivity index (χ3v) is 7.81. The number of pyridine rings is 1. The molecule has 2 heterocycles. The molecule has 0 spiro atoms. The Balaban J connectivity index is 1.27. The van der Waals surface area contributed by atoms with Crippen molar-refractivity contribution in [3.63, 3.8) is 0 Å². The molecule has 0 amide bonds. The topological polar surface area (TPSA) is 53.1 Å². The number of rotatable bonds is 18. The summed E-state index contributed by atoms with van der Waals surface area (Å²) >= 11 is 0. The zero-order valence-electron chi connectivity index (χ0n) is 23.9. The second kappa shape index (κ2) is 15.1. The standard InChI is InChI=1S/C32H44F3NO4/c1-3-5-7-8-11-27-28(40-27)22-39-25-15-12-23(13-16-25)26-17-14-24-21-29(36-31(33)30(24)32(26,34)35)38-20-10-9-19-37-18-6-4-2/h12-13,15-16,21,26-28H,3-11,14,17-20,22H2,1-2H3. The van der Waals surface area contributed by atoms with Gasteiger partial charge in [-0.2, -0.15) is 9.37 Å². The van der Waals surface area contributed by atoms with Crippen LogP contribution in [0.15, 0.2) is 30.3 Å². The van der Waals surface area contributed by atoms with Gasteiger partial charge in [-0.15, -0.1) is 0 Å². The smallest absolute Gasteiger partial charge is 0.284 e.